The first-order valence-corrected chi connectivity index (χ1v) is 3.68. The maximum Gasteiger partial charge on any atom is 0.492 e. The molecule has 1 fully saturated rings. The maximum atomic E-state index is 11.8. The van der Waals surface area contributed by atoms with Gasteiger partial charge in [0.2, 0.25) is 0 Å². The van der Waals surface area contributed by atoms with Gasteiger partial charge in [0.05, 0.1) is 12.2 Å². The Kier molecular flexibility index (Phi) is 2.65. The van der Waals surface area contributed by atoms with Crippen LogP contribution in [0.2, 0.25) is 0 Å². The van der Waals surface area contributed by atoms with Gasteiger partial charge < -0.3 is 28.1 Å². The molecule has 1 rings (SSSR count). The third-order valence-electron chi connectivity index (χ3n) is 1.80. The van der Waals surface area contributed by atoms with Crippen molar-refractivity contribution in [3.05, 3.63) is 0 Å². The van der Waals surface area contributed by atoms with E-state index in [1.807, 2.05) is 0 Å². The van der Waals surface area contributed by atoms with Gasteiger partial charge in [0.1, 0.15) is 0 Å². The van der Waals surface area contributed by atoms with E-state index >= 15 is 0 Å². The summed E-state index contributed by atoms with van der Waals surface area (Å²) in [5, 5.41) is 17.8. The van der Waals surface area contributed by atoms with Crippen LogP contribution in [0.25, 0.3) is 0 Å². The van der Waals surface area contributed by atoms with E-state index in [4.69, 9.17) is 10.2 Å². The van der Waals surface area contributed by atoms with Crippen molar-refractivity contribution in [2.75, 3.05) is 19.5 Å². The van der Waals surface area contributed by atoms with E-state index in [9.17, 15) is 12.9 Å². The number of β-amino-alcohol motifs (C(OH)–C–C–N with tert-alkyl or cyclic N) is 2. The molecular weight excluding hydrogens is 174 g/mol. The Balaban J connectivity index is 2.38. The van der Waals surface area contributed by atoms with Gasteiger partial charge in [0.15, 0.2) is 0 Å². The van der Waals surface area contributed by atoms with Crippen molar-refractivity contribution in [1.29, 1.82) is 0 Å². The third kappa shape index (κ3) is 2.65. The van der Waals surface area contributed by atoms with E-state index in [1.165, 1.54) is 0 Å². The summed E-state index contributed by atoms with van der Waals surface area (Å²) in [6, 6.07) is 0. The molecule has 0 aromatic heterocycles. The number of likely N-dealkylation sites (tertiary alicyclic amines) is 1. The minimum absolute atomic E-state index is 0.0948. The van der Waals surface area contributed by atoms with Gasteiger partial charge in [-0.25, -0.2) is 0 Å². The maximum absolute atomic E-state index is 11.8. The molecule has 1 saturated heterocycles. The molecule has 1 heterocycles. The van der Waals surface area contributed by atoms with E-state index < -0.39 is 25.6 Å². The van der Waals surface area contributed by atoms with E-state index in [2.05, 4.69) is 0 Å². The minimum atomic E-state index is -4.85. The molecule has 0 saturated carbocycles. The van der Waals surface area contributed by atoms with Crippen LogP contribution < -0.4 is 0 Å². The highest BCUT2D eigenvalue weighted by Gasteiger charge is 2.34. The van der Waals surface area contributed by atoms with Crippen LogP contribution in [-0.2, 0) is 0 Å². The highest BCUT2D eigenvalue weighted by molar-refractivity contribution is 6.58. The van der Waals surface area contributed by atoms with Crippen molar-refractivity contribution in [3.8, 4) is 0 Å². The highest BCUT2D eigenvalue weighted by atomic mass is 19.4. The lowest BCUT2D eigenvalue weighted by Crippen LogP contribution is -2.37. The number of hydrogen-bond donors (Lipinski definition) is 2. The van der Waals surface area contributed by atoms with Crippen molar-refractivity contribution in [2.45, 2.75) is 12.2 Å². The summed E-state index contributed by atoms with van der Waals surface area (Å²) in [6.45, 7) is -5.04. The monoisotopic (exact) mass is 184 g/mol. The van der Waals surface area contributed by atoms with E-state index in [1.54, 1.807) is 0 Å². The van der Waals surface area contributed by atoms with E-state index in [0.717, 1.165) is 4.90 Å². The number of rotatable bonds is 2. The first-order chi connectivity index (χ1) is 5.38. The van der Waals surface area contributed by atoms with Crippen LogP contribution in [0, 0.1) is 0 Å². The largest absolute Gasteiger partial charge is 0.492 e. The number of halogens is 3. The van der Waals surface area contributed by atoms with Gasteiger partial charge >= 0.3 is 6.98 Å². The molecule has 2 atom stereocenters. The molecule has 1 aliphatic rings. The van der Waals surface area contributed by atoms with Crippen LogP contribution in [0.15, 0.2) is 0 Å². The Morgan fingerprint density at radius 2 is 1.58 bits per heavy atom. The van der Waals surface area contributed by atoms with Gasteiger partial charge in [-0.3, -0.25) is 0 Å². The number of aliphatic hydroxyl groups is 2. The summed E-state index contributed by atoms with van der Waals surface area (Å²) >= 11 is 0. The Labute approximate surface area is 67.8 Å². The average Bonchev–Trinajstić information content (AvgIpc) is 2.07. The van der Waals surface area contributed by atoms with Crippen LogP contribution in [0.1, 0.15) is 0 Å². The molecule has 0 aromatic rings. The number of nitrogens with zero attached hydrogens (tertiary/aromatic N) is 1. The lowest BCUT2D eigenvalue weighted by Gasteiger charge is -2.22. The Morgan fingerprint density at radius 3 is 1.92 bits per heavy atom. The average molecular weight is 184 g/mol. The summed E-state index contributed by atoms with van der Waals surface area (Å²) in [5.74, 6) is 0. The quantitative estimate of drug-likeness (QED) is 0.563. The van der Waals surface area contributed by atoms with Gasteiger partial charge in [0, 0.05) is 13.1 Å². The van der Waals surface area contributed by atoms with Crippen molar-refractivity contribution >= 4 is 6.98 Å². The van der Waals surface area contributed by atoms with Crippen molar-refractivity contribution in [3.63, 3.8) is 0 Å². The predicted molar refractivity (Wildman–Crippen MR) is 37.5 cm³/mol. The van der Waals surface area contributed by atoms with Crippen LogP contribution in [-0.4, -0.2) is 53.8 Å². The molecule has 72 valence electrons. The van der Waals surface area contributed by atoms with Gasteiger partial charge in [-0.1, -0.05) is 0 Å². The van der Waals surface area contributed by atoms with Crippen LogP contribution >= 0.6 is 0 Å². The first-order valence-electron chi connectivity index (χ1n) is 3.68. The topological polar surface area (TPSA) is 43.7 Å². The summed E-state index contributed by atoms with van der Waals surface area (Å²) in [7, 11) is 0. The normalized spacial score (nSPS) is 32.8. The number of hydrogen-bond acceptors (Lipinski definition) is 3. The molecule has 7 heteroatoms. The molecule has 0 radical (unpaired) electrons. The smallest absolute Gasteiger partial charge is 0.448 e. The van der Waals surface area contributed by atoms with E-state index in [-0.39, 0.29) is 13.1 Å². The Hall–Kier alpha value is -0.265. The lowest BCUT2D eigenvalue weighted by atomic mass is 9.91. The highest BCUT2D eigenvalue weighted by Crippen LogP contribution is 2.16. The standard InChI is InChI=1S/C5H10BF3NO2/c7-6(8,9)3-10-1-4(11)5(12)2-10/h4-5,11-12H,1-3H2/q-1. The second kappa shape index (κ2) is 3.23. The summed E-state index contributed by atoms with van der Waals surface area (Å²) < 4.78 is 35.5. The molecule has 0 bridgehead atoms. The summed E-state index contributed by atoms with van der Waals surface area (Å²) in [6.07, 6.45) is -3.08. The zero-order valence-electron chi connectivity index (χ0n) is 6.33. The summed E-state index contributed by atoms with van der Waals surface area (Å²) in [5.41, 5.74) is 0. The second-order valence-corrected chi connectivity index (χ2v) is 3.06. The fraction of sp³-hybridized carbons (Fsp3) is 1.00. The van der Waals surface area contributed by atoms with Crippen LogP contribution in [0.5, 0.6) is 0 Å². The fourth-order valence-electron chi connectivity index (χ4n) is 1.29. The van der Waals surface area contributed by atoms with Gasteiger partial charge in [-0.2, -0.15) is 0 Å². The zero-order chi connectivity index (χ0) is 9.35. The Morgan fingerprint density at radius 1 is 1.17 bits per heavy atom. The van der Waals surface area contributed by atoms with Crippen LogP contribution in [0.4, 0.5) is 12.9 Å². The molecule has 0 spiro atoms. The third-order valence-corrected chi connectivity index (χ3v) is 1.80. The van der Waals surface area contributed by atoms with Gasteiger partial charge in [-0.05, 0) is 6.44 Å². The summed E-state index contributed by atoms with van der Waals surface area (Å²) in [4.78, 5) is 1.01. The fourth-order valence-corrected chi connectivity index (χ4v) is 1.29. The van der Waals surface area contributed by atoms with Crippen molar-refractivity contribution in [2.24, 2.45) is 0 Å². The molecule has 12 heavy (non-hydrogen) atoms. The molecule has 0 aliphatic carbocycles. The SMILES string of the molecule is OC1CN(C[B-](F)(F)F)CC1O. The molecule has 2 unspecified atom stereocenters. The van der Waals surface area contributed by atoms with Crippen LogP contribution in [0.3, 0.4) is 0 Å². The molecule has 1 aliphatic heterocycles. The molecule has 2 N–H and O–H groups in total. The minimum Gasteiger partial charge on any atom is -0.448 e. The Bertz CT molecular complexity index is 155. The van der Waals surface area contributed by atoms with Crippen molar-refractivity contribution in [1.82, 2.24) is 4.90 Å². The predicted octanol–water partition coefficient (Wildman–Crippen LogP) is -0.590. The molecular formula is C5H10BF3NO2-. The molecule has 3 nitrogen and oxygen atoms in total. The van der Waals surface area contributed by atoms with Crippen molar-refractivity contribution < 1.29 is 23.2 Å². The van der Waals surface area contributed by atoms with E-state index in [0.29, 0.717) is 0 Å². The van der Waals surface area contributed by atoms with Gasteiger partial charge in [-0.15, -0.1) is 0 Å². The zero-order valence-corrected chi connectivity index (χ0v) is 6.33. The first kappa shape index (κ1) is 9.82. The lowest BCUT2D eigenvalue weighted by molar-refractivity contribution is 0.0572. The second-order valence-electron chi connectivity index (χ2n) is 3.06. The molecule has 0 amide bonds. The molecule has 0 aromatic carbocycles. The van der Waals surface area contributed by atoms with Gasteiger partial charge in [0.25, 0.3) is 0 Å². The number of aliphatic hydroxyl groups excluding tert-OH is 2.